The number of carbonyl (C=O) groups is 1. The first-order valence-electron chi connectivity index (χ1n) is 11.3. The van der Waals surface area contributed by atoms with Crippen LogP contribution in [-0.2, 0) is 4.74 Å². The van der Waals surface area contributed by atoms with E-state index in [0.29, 0.717) is 30.2 Å². The summed E-state index contributed by atoms with van der Waals surface area (Å²) < 4.78 is 6.54. The Morgan fingerprint density at radius 2 is 1.97 bits per heavy atom. The van der Waals surface area contributed by atoms with Crippen LogP contribution in [-0.4, -0.2) is 70.4 Å². The van der Waals surface area contributed by atoms with Crippen LogP contribution in [0.4, 0.5) is 11.8 Å². The van der Waals surface area contributed by atoms with Gasteiger partial charge in [0.2, 0.25) is 5.95 Å². The van der Waals surface area contributed by atoms with Crippen molar-refractivity contribution in [2.45, 2.75) is 6.92 Å². The molecule has 0 aliphatic carbocycles. The molecule has 1 aliphatic rings. The van der Waals surface area contributed by atoms with E-state index >= 15 is 0 Å². The van der Waals surface area contributed by atoms with Crippen molar-refractivity contribution in [3.8, 4) is 21.8 Å². The monoisotopic (exact) mass is 491 g/mol. The fourth-order valence-electron chi connectivity index (χ4n) is 3.99. The smallest absolute Gasteiger partial charge is 0.251 e. The van der Waals surface area contributed by atoms with Gasteiger partial charge in [0, 0.05) is 42.5 Å². The number of benzene rings is 1. The molecule has 11 heteroatoms. The lowest BCUT2D eigenvalue weighted by molar-refractivity contribution is 0.0945. The van der Waals surface area contributed by atoms with Crippen molar-refractivity contribution in [2.75, 3.05) is 50.1 Å². The van der Waals surface area contributed by atoms with Gasteiger partial charge in [-0.25, -0.2) is 19.9 Å². The maximum atomic E-state index is 12.4. The third kappa shape index (κ3) is 4.65. The quantitative estimate of drug-likeness (QED) is 0.370. The molecule has 4 N–H and O–H groups in total. The standard InChI is InChI=1S/C24H25N7O3S/c1-14-18-20(35-19(14)15-3-2-4-16(11-15)23(33)26-5-8-32)22(31-6-9-34-10-7-31)30-21(29-18)17-12-27-24(25)28-13-17/h2-4,11-13,32H,5-10H2,1H3,(H,26,33)(H2,25,27,28). The number of hydrogen-bond donors (Lipinski definition) is 3. The van der Waals surface area contributed by atoms with Gasteiger partial charge in [-0.15, -0.1) is 11.3 Å². The van der Waals surface area contributed by atoms with Crippen molar-refractivity contribution in [1.29, 1.82) is 0 Å². The van der Waals surface area contributed by atoms with Gasteiger partial charge in [0.1, 0.15) is 0 Å². The van der Waals surface area contributed by atoms with Crippen molar-refractivity contribution in [2.24, 2.45) is 0 Å². The number of ether oxygens (including phenoxy) is 1. The molecule has 1 aromatic carbocycles. The van der Waals surface area contributed by atoms with Gasteiger partial charge in [-0.3, -0.25) is 4.79 Å². The number of nitrogens with zero attached hydrogens (tertiary/aromatic N) is 5. The minimum Gasteiger partial charge on any atom is -0.395 e. The number of aryl methyl sites for hydroxylation is 1. The van der Waals surface area contributed by atoms with Crippen LogP contribution in [0.3, 0.4) is 0 Å². The van der Waals surface area contributed by atoms with Gasteiger partial charge in [-0.1, -0.05) is 12.1 Å². The van der Waals surface area contributed by atoms with E-state index in [1.165, 1.54) is 0 Å². The minimum atomic E-state index is -0.223. The Kier molecular flexibility index (Phi) is 6.53. The summed E-state index contributed by atoms with van der Waals surface area (Å²) in [5, 5.41) is 11.7. The fourth-order valence-corrected chi connectivity index (χ4v) is 5.25. The van der Waals surface area contributed by atoms with E-state index < -0.39 is 0 Å². The number of nitrogen functional groups attached to an aromatic ring is 1. The second-order valence-electron chi connectivity index (χ2n) is 8.09. The lowest BCUT2D eigenvalue weighted by Crippen LogP contribution is -2.36. The first-order chi connectivity index (χ1) is 17.0. The largest absolute Gasteiger partial charge is 0.395 e. The van der Waals surface area contributed by atoms with E-state index in [4.69, 9.17) is 25.5 Å². The molecule has 10 nitrogen and oxygen atoms in total. The summed E-state index contributed by atoms with van der Waals surface area (Å²) in [6.45, 7) is 4.87. The van der Waals surface area contributed by atoms with Crippen molar-refractivity contribution in [3.63, 3.8) is 0 Å². The van der Waals surface area contributed by atoms with Gasteiger partial charge in [0.15, 0.2) is 11.6 Å². The molecule has 4 aromatic rings. The number of fused-ring (bicyclic) bond motifs is 1. The van der Waals surface area contributed by atoms with Crippen LogP contribution in [0.1, 0.15) is 15.9 Å². The van der Waals surface area contributed by atoms with Crippen molar-refractivity contribution in [3.05, 3.63) is 47.8 Å². The average molecular weight is 492 g/mol. The molecule has 0 unspecified atom stereocenters. The zero-order valence-corrected chi connectivity index (χ0v) is 20.0. The van der Waals surface area contributed by atoms with E-state index in [0.717, 1.165) is 45.1 Å². The molecule has 0 atom stereocenters. The molecule has 1 fully saturated rings. The summed E-state index contributed by atoms with van der Waals surface area (Å²) in [6, 6.07) is 7.47. The van der Waals surface area contributed by atoms with Crippen molar-refractivity contribution < 1.29 is 14.6 Å². The van der Waals surface area contributed by atoms with Gasteiger partial charge in [0.25, 0.3) is 5.91 Å². The van der Waals surface area contributed by atoms with Crippen LogP contribution in [0, 0.1) is 6.92 Å². The molecule has 4 heterocycles. The topological polar surface area (TPSA) is 139 Å². The molecule has 5 rings (SSSR count). The third-order valence-corrected chi connectivity index (χ3v) is 7.10. The lowest BCUT2D eigenvalue weighted by Gasteiger charge is -2.28. The summed E-state index contributed by atoms with van der Waals surface area (Å²) in [7, 11) is 0. The molecular formula is C24H25N7O3S. The molecular weight excluding hydrogens is 466 g/mol. The Morgan fingerprint density at radius 3 is 2.71 bits per heavy atom. The zero-order valence-electron chi connectivity index (χ0n) is 19.2. The van der Waals surface area contributed by atoms with Crippen LogP contribution in [0.2, 0.25) is 0 Å². The van der Waals surface area contributed by atoms with Gasteiger partial charge in [-0.2, -0.15) is 0 Å². The molecule has 0 saturated carbocycles. The van der Waals surface area contributed by atoms with Gasteiger partial charge in [0.05, 0.1) is 35.6 Å². The van der Waals surface area contributed by atoms with Gasteiger partial charge >= 0.3 is 0 Å². The van der Waals surface area contributed by atoms with E-state index in [2.05, 4.69) is 20.2 Å². The second kappa shape index (κ2) is 9.90. The van der Waals surface area contributed by atoms with Crippen LogP contribution in [0.15, 0.2) is 36.7 Å². The number of anilines is 2. The Balaban J connectivity index is 1.64. The number of morpholine rings is 1. The molecule has 35 heavy (non-hydrogen) atoms. The fraction of sp³-hybridized carbons (Fsp3) is 0.292. The van der Waals surface area contributed by atoms with Gasteiger partial charge < -0.3 is 25.8 Å². The normalized spacial score (nSPS) is 13.8. The number of aliphatic hydroxyl groups excluding tert-OH is 1. The molecule has 3 aromatic heterocycles. The first kappa shape index (κ1) is 23.1. The summed E-state index contributed by atoms with van der Waals surface area (Å²) in [6.07, 6.45) is 3.26. The SMILES string of the molecule is Cc1c(-c2cccc(C(=O)NCCO)c2)sc2c(N3CCOCC3)nc(-c3cnc(N)nc3)nc12. The molecule has 1 amide bonds. The van der Waals surface area contributed by atoms with E-state index in [1.54, 1.807) is 29.8 Å². The Labute approximate surface area is 205 Å². The molecule has 0 bridgehead atoms. The highest BCUT2D eigenvalue weighted by atomic mass is 32.1. The van der Waals surface area contributed by atoms with Crippen LogP contribution < -0.4 is 16.0 Å². The third-order valence-electron chi connectivity index (χ3n) is 5.77. The Morgan fingerprint density at radius 1 is 1.20 bits per heavy atom. The molecule has 1 saturated heterocycles. The van der Waals surface area contributed by atoms with E-state index in [1.807, 2.05) is 25.1 Å². The van der Waals surface area contributed by atoms with Crippen molar-refractivity contribution >= 4 is 39.2 Å². The maximum Gasteiger partial charge on any atom is 0.251 e. The lowest BCUT2D eigenvalue weighted by atomic mass is 10.1. The highest BCUT2D eigenvalue weighted by Gasteiger charge is 2.23. The number of hydrogen-bond acceptors (Lipinski definition) is 10. The number of thiophene rings is 1. The molecule has 0 spiro atoms. The molecule has 1 aliphatic heterocycles. The zero-order chi connectivity index (χ0) is 24.4. The number of nitrogens with one attached hydrogen (secondary N) is 1. The average Bonchev–Trinajstić information content (AvgIpc) is 3.24. The number of nitrogens with two attached hydrogens (primary N) is 1. The Bertz CT molecular complexity index is 1370. The summed E-state index contributed by atoms with van der Waals surface area (Å²) in [5.41, 5.74) is 9.67. The predicted molar refractivity (Wildman–Crippen MR) is 135 cm³/mol. The molecule has 0 radical (unpaired) electrons. The first-order valence-corrected chi connectivity index (χ1v) is 12.1. The maximum absolute atomic E-state index is 12.4. The van der Waals surface area contributed by atoms with Crippen molar-refractivity contribution in [1.82, 2.24) is 25.3 Å². The number of carbonyl (C=O) groups excluding carboxylic acids is 1. The van der Waals surface area contributed by atoms with Crippen LogP contribution in [0.25, 0.3) is 32.0 Å². The Hall–Kier alpha value is -3.67. The second-order valence-corrected chi connectivity index (χ2v) is 9.12. The van der Waals surface area contributed by atoms with Crippen LogP contribution in [0.5, 0.6) is 0 Å². The summed E-state index contributed by atoms with van der Waals surface area (Å²) >= 11 is 1.61. The van der Waals surface area contributed by atoms with E-state index in [-0.39, 0.29) is 25.0 Å². The van der Waals surface area contributed by atoms with Gasteiger partial charge in [-0.05, 0) is 30.2 Å². The van der Waals surface area contributed by atoms with E-state index in [9.17, 15) is 4.79 Å². The number of aromatic nitrogens is 4. The number of rotatable bonds is 6. The number of amides is 1. The minimum absolute atomic E-state index is 0.106. The summed E-state index contributed by atoms with van der Waals surface area (Å²) in [4.78, 5) is 33.7. The number of aliphatic hydroxyl groups is 1. The summed E-state index contributed by atoms with van der Waals surface area (Å²) in [5.74, 6) is 1.35. The highest BCUT2D eigenvalue weighted by molar-refractivity contribution is 7.23. The molecule has 180 valence electrons. The highest BCUT2D eigenvalue weighted by Crippen LogP contribution is 2.42. The predicted octanol–water partition coefficient (Wildman–Crippen LogP) is 2.26. The van der Waals surface area contributed by atoms with Crippen LogP contribution >= 0.6 is 11.3 Å².